The summed E-state index contributed by atoms with van der Waals surface area (Å²) in [6.45, 7) is 2.10. The highest BCUT2D eigenvalue weighted by Crippen LogP contribution is 2.32. The number of nitrogens with zero attached hydrogens (tertiary/aromatic N) is 1. The molecule has 0 bridgehead atoms. The van der Waals surface area contributed by atoms with E-state index in [1.807, 2.05) is 6.07 Å². The number of ketones is 1. The Morgan fingerprint density at radius 3 is 2.82 bits per heavy atom. The summed E-state index contributed by atoms with van der Waals surface area (Å²) in [5.41, 5.74) is 0. The Morgan fingerprint density at radius 2 is 2.36 bits per heavy atom. The fourth-order valence-electron chi connectivity index (χ4n) is 1.83. The number of Topliss-reactive ketones (excluding diaryl/α,β-unsaturated/α-hetero) is 1. The molecule has 0 N–H and O–H groups in total. The van der Waals surface area contributed by atoms with Crippen LogP contribution in [0.5, 0.6) is 0 Å². The average molecular weight is 151 g/mol. The first-order valence-electron chi connectivity index (χ1n) is 4.15. The molecule has 1 saturated carbocycles. The third kappa shape index (κ3) is 1.80. The molecule has 0 aliphatic heterocycles. The summed E-state index contributed by atoms with van der Waals surface area (Å²) in [5, 5.41) is 8.31. The highest BCUT2D eigenvalue weighted by atomic mass is 16.1. The zero-order valence-corrected chi connectivity index (χ0v) is 6.84. The third-order valence-corrected chi connectivity index (χ3v) is 2.53. The van der Waals surface area contributed by atoms with E-state index in [9.17, 15) is 4.79 Å². The van der Waals surface area contributed by atoms with E-state index in [-0.39, 0.29) is 18.1 Å². The van der Waals surface area contributed by atoms with Crippen molar-refractivity contribution in [1.29, 1.82) is 5.26 Å². The molecule has 0 spiro atoms. The fraction of sp³-hybridized carbons (Fsp3) is 0.778. The Bertz CT molecular complexity index is 192. The SMILES string of the molecule is CC1CCCC1C(=O)CC#N. The summed E-state index contributed by atoms with van der Waals surface area (Å²) in [5.74, 6) is 0.850. The van der Waals surface area contributed by atoms with Crippen LogP contribution < -0.4 is 0 Å². The van der Waals surface area contributed by atoms with E-state index in [0.29, 0.717) is 5.92 Å². The van der Waals surface area contributed by atoms with Gasteiger partial charge in [-0.1, -0.05) is 13.3 Å². The van der Waals surface area contributed by atoms with Gasteiger partial charge in [0.1, 0.15) is 5.78 Å². The molecule has 0 saturated heterocycles. The van der Waals surface area contributed by atoms with Crippen LogP contribution in [0.25, 0.3) is 0 Å². The monoisotopic (exact) mass is 151 g/mol. The standard InChI is InChI=1S/C9H13NO/c1-7-3-2-4-8(7)9(11)5-6-10/h7-8H,2-5H2,1H3. The lowest BCUT2D eigenvalue weighted by atomic mass is 9.92. The predicted octanol–water partition coefficient (Wildman–Crippen LogP) is 1.91. The van der Waals surface area contributed by atoms with Gasteiger partial charge in [0.05, 0.1) is 12.5 Å². The number of carbonyl (C=O) groups excluding carboxylic acids is 1. The Morgan fingerprint density at radius 1 is 1.64 bits per heavy atom. The minimum Gasteiger partial charge on any atom is -0.298 e. The van der Waals surface area contributed by atoms with Crippen molar-refractivity contribution in [3.05, 3.63) is 0 Å². The molecular formula is C9H13NO. The Hall–Kier alpha value is -0.840. The summed E-state index contributed by atoms with van der Waals surface area (Å²) in [6.07, 6.45) is 3.42. The second-order valence-electron chi connectivity index (χ2n) is 3.32. The van der Waals surface area contributed by atoms with E-state index in [2.05, 4.69) is 6.92 Å². The third-order valence-electron chi connectivity index (χ3n) is 2.53. The molecule has 1 fully saturated rings. The molecule has 0 heterocycles. The smallest absolute Gasteiger partial charge is 0.150 e. The molecule has 1 rings (SSSR count). The minimum atomic E-state index is 0.106. The maximum atomic E-state index is 11.2. The topological polar surface area (TPSA) is 40.9 Å². The molecule has 2 nitrogen and oxygen atoms in total. The second-order valence-corrected chi connectivity index (χ2v) is 3.32. The van der Waals surface area contributed by atoms with Crippen LogP contribution in [0.3, 0.4) is 0 Å². The maximum Gasteiger partial charge on any atom is 0.150 e. The van der Waals surface area contributed by atoms with Crippen LogP contribution in [-0.4, -0.2) is 5.78 Å². The van der Waals surface area contributed by atoms with Crippen LogP contribution >= 0.6 is 0 Å². The number of hydrogen-bond donors (Lipinski definition) is 0. The van der Waals surface area contributed by atoms with E-state index < -0.39 is 0 Å². The van der Waals surface area contributed by atoms with Crippen LogP contribution in [0.4, 0.5) is 0 Å². The summed E-state index contributed by atoms with van der Waals surface area (Å²) in [4.78, 5) is 11.2. The minimum absolute atomic E-state index is 0.106. The van der Waals surface area contributed by atoms with Gasteiger partial charge in [-0.3, -0.25) is 4.79 Å². The first kappa shape index (κ1) is 8.26. The number of nitriles is 1. The maximum absolute atomic E-state index is 11.2. The highest BCUT2D eigenvalue weighted by Gasteiger charge is 2.28. The van der Waals surface area contributed by atoms with E-state index in [4.69, 9.17) is 5.26 Å². The molecule has 60 valence electrons. The Labute approximate surface area is 67.2 Å². The first-order chi connectivity index (χ1) is 5.25. The zero-order valence-electron chi connectivity index (χ0n) is 6.84. The lowest BCUT2D eigenvalue weighted by Gasteiger charge is -2.10. The van der Waals surface area contributed by atoms with Gasteiger partial charge < -0.3 is 0 Å². The molecular weight excluding hydrogens is 138 g/mol. The molecule has 1 aliphatic carbocycles. The number of hydrogen-bond acceptors (Lipinski definition) is 2. The summed E-state index contributed by atoms with van der Waals surface area (Å²) in [6, 6.07) is 1.92. The molecule has 1 aliphatic rings. The van der Waals surface area contributed by atoms with Crippen LogP contribution in [-0.2, 0) is 4.79 Å². The Balaban J connectivity index is 2.47. The van der Waals surface area contributed by atoms with Crippen LogP contribution in [0.2, 0.25) is 0 Å². The van der Waals surface area contributed by atoms with Crippen molar-refractivity contribution in [3.63, 3.8) is 0 Å². The van der Waals surface area contributed by atoms with Gasteiger partial charge in [-0.05, 0) is 18.8 Å². The van der Waals surface area contributed by atoms with Crippen molar-refractivity contribution < 1.29 is 4.79 Å². The van der Waals surface area contributed by atoms with Gasteiger partial charge in [0.2, 0.25) is 0 Å². The van der Waals surface area contributed by atoms with Gasteiger partial charge >= 0.3 is 0 Å². The quantitative estimate of drug-likeness (QED) is 0.604. The fourth-order valence-corrected chi connectivity index (χ4v) is 1.83. The summed E-state index contributed by atoms with van der Waals surface area (Å²) >= 11 is 0. The van der Waals surface area contributed by atoms with Crippen LogP contribution in [0.1, 0.15) is 32.6 Å². The first-order valence-corrected chi connectivity index (χ1v) is 4.15. The second kappa shape index (κ2) is 3.52. The molecule has 2 atom stereocenters. The van der Waals surface area contributed by atoms with Crippen LogP contribution in [0, 0.1) is 23.2 Å². The van der Waals surface area contributed by atoms with Crippen molar-refractivity contribution in [3.8, 4) is 6.07 Å². The van der Waals surface area contributed by atoms with Gasteiger partial charge in [0.25, 0.3) is 0 Å². The van der Waals surface area contributed by atoms with E-state index in [1.54, 1.807) is 0 Å². The largest absolute Gasteiger partial charge is 0.298 e. The molecule has 0 radical (unpaired) electrons. The lowest BCUT2D eigenvalue weighted by molar-refractivity contribution is -0.122. The predicted molar refractivity (Wildman–Crippen MR) is 41.7 cm³/mol. The molecule has 0 aromatic rings. The number of rotatable bonds is 2. The van der Waals surface area contributed by atoms with Gasteiger partial charge in [0.15, 0.2) is 0 Å². The normalized spacial score (nSPS) is 29.8. The van der Waals surface area contributed by atoms with Crippen molar-refractivity contribution >= 4 is 5.78 Å². The molecule has 0 aromatic carbocycles. The van der Waals surface area contributed by atoms with E-state index >= 15 is 0 Å². The molecule has 11 heavy (non-hydrogen) atoms. The molecule has 0 aromatic heterocycles. The van der Waals surface area contributed by atoms with Crippen LogP contribution in [0.15, 0.2) is 0 Å². The van der Waals surface area contributed by atoms with Gasteiger partial charge in [-0.15, -0.1) is 0 Å². The lowest BCUT2D eigenvalue weighted by Crippen LogP contribution is -2.15. The van der Waals surface area contributed by atoms with Crippen molar-refractivity contribution in [2.75, 3.05) is 0 Å². The van der Waals surface area contributed by atoms with Gasteiger partial charge in [-0.2, -0.15) is 5.26 Å². The van der Waals surface area contributed by atoms with Gasteiger partial charge in [0, 0.05) is 5.92 Å². The zero-order chi connectivity index (χ0) is 8.27. The number of carbonyl (C=O) groups is 1. The highest BCUT2D eigenvalue weighted by molar-refractivity contribution is 5.83. The van der Waals surface area contributed by atoms with Crippen molar-refractivity contribution in [2.45, 2.75) is 32.6 Å². The summed E-state index contributed by atoms with van der Waals surface area (Å²) < 4.78 is 0. The molecule has 2 heteroatoms. The van der Waals surface area contributed by atoms with Crippen molar-refractivity contribution in [2.24, 2.45) is 11.8 Å². The average Bonchev–Trinajstić information content (AvgIpc) is 2.36. The van der Waals surface area contributed by atoms with E-state index in [0.717, 1.165) is 19.3 Å². The van der Waals surface area contributed by atoms with E-state index in [1.165, 1.54) is 0 Å². The molecule has 2 unspecified atom stereocenters. The molecule has 0 amide bonds. The Kier molecular flexibility index (Phi) is 2.64. The summed E-state index contributed by atoms with van der Waals surface area (Å²) in [7, 11) is 0. The van der Waals surface area contributed by atoms with Crippen molar-refractivity contribution in [1.82, 2.24) is 0 Å². The van der Waals surface area contributed by atoms with Gasteiger partial charge in [-0.25, -0.2) is 0 Å².